The predicted octanol–water partition coefficient (Wildman–Crippen LogP) is 4.57. The number of ether oxygens (including phenoxy) is 1. The Morgan fingerprint density at radius 1 is 1.26 bits per heavy atom. The fraction of sp³-hybridized carbons (Fsp3) is 0.650. The average Bonchev–Trinajstić information content (AvgIpc) is 3.19. The van der Waals surface area contributed by atoms with Crippen LogP contribution in [0.1, 0.15) is 38.2 Å². The quantitative estimate of drug-likeness (QED) is 0.300. The predicted molar refractivity (Wildman–Crippen MR) is 131 cm³/mol. The number of thioether (sulfide) groups is 1. The third kappa shape index (κ3) is 6.78. The second-order valence-electron chi connectivity index (χ2n) is 7.11. The highest BCUT2D eigenvalue weighted by molar-refractivity contribution is 14.0. The van der Waals surface area contributed by atoms with Crippen LogP contribution in [-0.2, 0) is 10.2 Å². The number of halogens is 2. The van der Waals surface area contributed by atoms with Gasteiger partial charge < -0.3 is 15.4 Å². The lowest BCUT2D eigenvalue weighted by molar-refractivity contribution is 0.0531. The zero-order valence-electron chi connectivity index (χ0n) is 16.0. The van der Waals surface area contributed by atoms with E-state index in [0.717, 1.165) is 61.4 Å². The van der Waals surface area contributed by atoms with Gasteiger partial charge in [-0.1, -0.05) is 28.1 Å². The summed E-state index contributed by atoms with van der Waals surface area (Å²) in [5.41, 5.74) is 1.44. The van der Waals surface area contributed by atoms with E-state index < -0.39 is 0 Å². The molecule has 0 bridgehead atoms. The Morgan fingerprint density at radius 2 is 2.00 bits per heavy atom. The fourth-order valence-corrected chi connectivity index (χ4v) is 5.16. The standard InChI is InChI=1S/C20H30BrN3OS.HI/c1-2-22-19(23-14-18-4-3-13-26-18)24-15-20(9-11-25-12-10-20)16-5-7-17(21)8-6-16;/h5-8,18H,2-4,9-15H2,1H3,(H2,22,23,24);1H. The van der Waals surface area contributed by atoms with Crippen LogP contribution in [0.25, 0.3) is 0 Å². The van der Waals surface area contributed by atoms with E-state index in [1.54, 1.807) is 0 Å². The molecule has 1 aromatic rings. The van der Waals surface area contributed by atoms with Crippen molar-refractivity contribution >= 4 is 57.6 Å². The highest BCUT2D eigenvalue weighted by Crippen LogP contribution is 2.35. The topological polar surface area (TPSA) is 45.7 Å². The number of aliphatic imine (C=N–C) groups is 1. The van der Waals surface area contributed by atoms with E-state index >= 15 is 0 Å². The van der Waals surface area contributed by atoms with Gasteiger partial charge in [0.1, 0.15) is 0 Å². The van der Waals surface area contributed by atoms with E-state index in [1.807, 2.05) is 0 Å². The molecule has 2 aliphatic rings. The Morgan fingerprint density at radius 3 is 2.63 bits per heavy atom. The summed E-state index contributed by atoms with van der Waals surface area (Å²) in [6, 6.07) is 8.74. The van der Waals surface area contributed by atoms with Gasteiger partial charge in [0.05, 0.1) is 6.54 Å². The maximum atomic E-state index is 5.65. The SMILES string of the molecule is CCNC(=NCC1(c2ccc(Br)cc2)CCOCC1)NCC1CCCS1.I. The van der Waals surface area contributed by atoms with Crippen molar-refractivity contribution in [2.24, 2.45) is 4.99 Å². The molecule has 0 aliphatic carbocycles. The van der Waals surface area contributed by atoms with Crippen molar-refractivity contribution in [3.8, 4) is 0 Å². The zero-order chi connectivity index (χ0) is 18.2. The monoisotopic (exact) mass is 567 g/mol. The Kier molecular flexibility index (Phi) is 10.2. The van der Waals surface area contributed by atoms with Crippen LogP contribution in [0.15, 0.2) is 33.7 Å². The first kappa shape index (κ1) is 23.3. The highest BCUT2D eigenvalue weighted by Gasteiger charge is 2.34. The molecule has 1 unspecified atom stereocenters. The normalized spacial score (nSPS) is 22.1. The molecule has 152 valence electrons. The molecule has 0 amide bonds. The van der Waals surface area contributed by atoms with Crippen LogP contribution in [0.5, 0.6) is 0 Å². The van der Waals surface area contributed by atoms with E-state index in [4.69, 9.17) is 9.73 Å². The molecule has 0 aromatic heterocycles. The minimum absolute atomic E-state index is 0. The number of nitrogens with zero attached hydrogens (tertiary/aromatic N) is 1. The van der Waals surface area contributed by atoms with Crippen LogP contribution >= 0.6 is 51.7 Å². The van der Waals surface area contributed by atoms with Gasteiger partial charge in [0.15, 0.2) is 5.96 Å². The number of benzene rings is 1. The summed E-state index contributed by atoms with van der Waals surface area (Å²) in [4.78, 5) is 4.99. The molecule has 0 saturated carbocycles. The van der Waals surface area contributed by atoms with Crippen LogP contribution in [0.3, 0.4) is 0 Å². The second-order valence-corrected chi connectivity index (χ2v) is 9.43. The van der Waals surface area contributed by atoms with Crippen LogP contribution in [0.2, 0.25) is 0 Å². The lowest BCUT2D eigenvalue weighted by atomic mass is 9.74. The maximum absolute atomic E-state index is 5.65. The van der Waals surface area contributed by atoms with Crippen molar-refractivity contribution in [3.05, 3.63) is 34.3 Å². The second kappa shape index (κ2) is 11.9. The van der Waals surface area contributed by atoms with E-state index in [1.165, 1.54) is 24.2 Å². The lowest BCUT2D eigenvalue weighted by Crippen LogP contribution is -2.42. The van der Waals surface area contributed by atoms with Crippen molar-refractivity contribution in [2.45, 2.75) is 43.3 Å². The van der Waals surface area contributed by atoms with Crippen molar-refractivity contribution in [2.75, 3.05) is 38.6 Å². The minimum Gasteiger partial charge on any atom is -0.381 e. The van der Waals surface area contributed by atoms with Crippen LogP contribution < -0.4 is 10.6 Å². The van der Waals surface area contributed by atoms with Crippen molar-refractivity contribution < 1.29 is 4.74 Å². The summed E-state index contributed by atoms with van der Waals surface area (Å²) in [5, 5.41) is 7.70. The molecule has 3 rings (SSSR count). The third-order valence-corrected chi connectivity index (χ3v) is 7.24. The zero-order valence-corrected chi connectivity index (χ0v) is 20.7. The number of hydrogen-bond donors (Lipinski definition) is 2. The molecule has 1 aromatic carbocycles. The molecular formula is C20H31BrIN3OS. The van der Waals surface area contributed by atoms with Crippen molar-refractivity contribution in [1.82, 2.24) is 10.6 Å². The number of nitrogens with one attached hydrogen (secondary N) is 2. The van der Waals surface area contributed by atoms with Gasteiger partial charge in [0.2, 0.25) is 0 Å². The highest BCUT2D eigenvalue weighted by atomic mass is 127. The fourth-order valence-electron chi connectivity index (χ4n) is 3.69. The molecular weight excluding hydrogens is 537 g/mol. The summed E-state index contributed by atoms with van der Waals surface area (Å²) in [6.07, 6.45) is 4.71. The first-order valence-electron chi connectivity index (χ1n) is 9.69. The first-order valence-corrected chi connectivity index (χ1v) is 11.5. The van der Waals surface area contributed by atoms with Crippen molar-refractivity contribution in [1.29, 1.82) is 0 Å². The van der Waals surface area contributed by atoms with E-state index in [0.29, 0.717) is 0 Å². The molecule has 2 fully saturated rings. The van der Waals surface area contributed by atoms with Crippen molar-refractivity contribution in [3.63, 3.8) is 0 Å². The van der Waals surface area contributed by atoms with Gasteiger partial charge in [-0.15, -0.1) is 24.0 Å². The van der Waals surface area contributed by atoms with Gasteiger partial charge >= 0.3 is 0 Å². The van der Waals surface area contributed by atoms with Gasteiger partial charge in [-0.2, -0.15) is 11.8 Å². The van der Waals surface area contributed by atoms with Gasteiger partial charge in [0.25, 0.3) is 0 Å². The van der Waals surface area contributed by atoms with Gasteiger partial charge in [-0.05, 0) is 56.1 Å². The Balaban J connectivity index is 0.00000261. The van der Waals surface area contributed by atoms with Crippen LogP contribution in [0, 0.1) is 0 Å². The molecule has 7 heteroatoms. The molecule has 2 saturated heterocycles. The molecule has 2 aliphatic heterocycles. The summed E-state index contributed by atoms with van der Waals surface area (Å²) in [7, 11) is 0. The van der Waals surface area contributed by atoms with E-state index in [2.05, 4.69) is 69.5 Å². The molecule has 27 heavy (non-hydrogen) atoms. The molecule has 2 N–H and O–H groups in total. The Hall–Kier alpha value is 0.01000. The third-order valence-electron chi connectivity index (χ3n) is 5.31. The van der Waals surface area contributed by atoms with E-state index in [-0.39, 0.29) is 29.4 Å². The molecule has 0 radical (unpaired) electrons. The summed E-state index contributed by atoms with van der Waals surface area (Å²) >= 11 is 5.63. The van der Waals surface area contributed by atoms with Gasteiger partial charge in [-0.3, -0.25) is 4.99 Å². The maximum Gasteiger partial charge on any atom is 0.191 e. The Bertz CT molecular complexity index is 587. The molecule has 2 heterocycles. The van der Waals surface area contributed by atoms with Crippen LogP contribution in [-0.4, -0.2) is 49.8 Å². The average molecular weight is 568 g/mol. The summed E-state index contributed by atoms with van der Waals surface area (Å²) in [5.74, 6) is 2.25. The first-order chi connectivity index (χ1) is 12.7. The summed E-state index contributed by atoms with van der Waals surface area (Å²) in [6.45, 7) is 6.44. The molecule has 4 nitrogen and oxygen atoms in total. The molecule has 0 spiro atoms. The Labute approximate surface area is 193 Å². The van der Waals surface area contributed by atoms with E-state index in [9.17, 15) is 0 Å². The number of guanidine groups is 1. The lowest BCUT2D eigenvalue weighted by Gasteiger charge is -2.36. The number of hydrogen-bond acceptors (Lipinski definition) is 3. The largest absolute Gasteiger partial charge is 0.381 e. The molecule has 1 atom stereocenters. The smallest absolute Gasteiger partial charge is 0.191 e. The van der Waals surface area contributed by atoms with Gasteiger partial charge in [0, 0.05) is 41.4 Å². The van der Waals surface area contributed by atoms with Crippen LogP contribution in [0.4, 0.5) is 0 Å². The number of rotatable bonds is 6. The van der Waals surface area contributed by atoms with Gasteiger partial charge in [-0.25, -0.2) is 0 Å². The summed E-state index contributed by atoms with van der Waals surface area (Å²) < 4.78 is 6.77. The minimum atomic E-state index is 0.